The second-order valence-corrected chi connectivity index (χ2v) is 12.8. The molecule has 1 atom stereocenters. The molecule has 0 radical (unpaired) electrons. The number of hydrogen-bond acceptors (Lipinski definition) is 4. The number of rotatable bonds is 10. The van der Waals surface area contributed by atoms with Crippen molar-refractivity contribution in [1.82, 2.24) is 5.32 Å². The molecule has 0 fully saturated rings. The lowest BCUT2D eigenvalue weighted by atomic mass is 10.0. The lowest BCUT2D eigenvalue weighted by molar-refractivity contribution is -0.116. The molecule has 1 unspecified atom stereocenters. The lowest BCUT2D eigenvalue weighted by Crippen LogP contribution is -2.30. The number of carbonyl (C=O) groups is 3. The first kappa shape index (κ1) is 32.5. The van der Waals surface area contributed by atoms with Gasteiger partial charge in [0.2, 0.25) is 5.91 Å². The first-order valence-electron chi connectivity index (χ1n) is 15.2. The minimum Gasteiger partial charge on any atom is -0.324 e. The number of anilines is 2. The molecule has 48 heavy (non-hydrogen) atoms. The minimum atomic E-state index is -0.526. The Balaban J connectivity index is 1.23. The molecule has 6 aromatic carbocycles. The van der Waals surface area contributed by atoms with Gasteiger partial charge in [0.15, 0.2) is 0 Å². The van der Waals surface area contributed by atoms with E-state index in [9.17, 15) is 14.4 Å². The zero-order chi connectivity index (χ0) is 33.3. The number of hydrogen-bond donors (Lipinski definition) is 3. The van der Waals surface area contributed by atoms with Crippen LogP contribution in [-0.2, 0) is 9.59 Å². The molecule has 6 aromatic rings. The number of nitrogens with one attached hydrogen (secondary N) is 3. The summed E-state index contributed by atoms with van der Waals surface area (Å²) in [6.07, 6.45) is 1.69. The number of amides is 3. The molecule has 0 bridgehead atoms. The van der Waals surface area contributed by atoms with Crippen molar-refractivity contribution in [3.63, 3.8) is 0 Å². The molecule has 0 aliphatic heterocycles. The highest BCUT2D eigenvalue weighted by atomic mass is 79.9. The summed E-state index contributed by atoms with van der Waals surface area (Å²) in [7, 11) is 0. The van der Waals surface area contributed by atoms with Crippen LogP contribution in [-0.4, -0.2) is 17.7 Å². The van der Waals surface area contributed by atoms with Gasteiger partial charge in [-0.1, -0.05) is 103 Å². The van der Waals surface area contributed by atoms with Crippen LogP contribution in [0.2, 0.25) is 0 Å². The molecule has 0 saturated carbocycles. The van der Waals surface area contributed by atoms with Crippen molar-refractivity contribution in [1.29, 1.82) is 0 Å². The van der Waals surface area contributed by atoms with E-state index in [1.807, 2.05) is 115 Å². The van der Waals surface area contributed by atoms with Crippen LogP contribution in [0.5, 0.6) is 0 Å². The summed E-state index contributed by atoms with van der Waals surface area (Å²) in [4.78, 5) is 41.2. The number of carbonyl (C=O) groups excluding carboxylic acids is 3. The lowest BCUT2D eigenvalue weighted by Gasteiger charge is -2.18. The fraction of sp³-hybridized carbons (Fsp3) is 0.0250. The molecule has 0 heterocycles. The van der Waals surface area contributed by atoms with Crippen molar-refractivity contribution in [3.05, 3.63) is 179 Å². The summed E-state index contributed by atoms with van der Waals surface area (Å²) < 4.78 is 0.795. The Morgan fingerprint density at radius 3 is 2.04 bits per heavy atom. The van der Waals surface area contributed by atoms with Gasteiger partial charge in [0.1, 0.15) is 10.9 Å². The normalized spacial score (nSPS) is 11.8. The molecule has 3 N–H and O–H groups in total. The SMILES string of the molecule is O=C(Nc1ccc(SC(C(=O)Nc2ccccc2Br)c2ccccc2)cc1)/C(=C/c1cccc2ccccc12)NC(=O)c1ccccc1. The maximum atomic E-state index is 13.7. The van der Waals surface area contributed by atoms with E-state index in [2.05, 4.69) is 31.9 Å². The van der Waals surface area contributed by atoms with Gasteiger partial charge in [0.25, 0.3) is 11.8 Å². The molecule has 6 nitrogen and oxygen atoms in total. The Hall–Kier alpha value is -5.44. The van der Waals surface area contributed by atoms with E-state index < -0.39 is 17.1 Å². The maximum absolute atomic E-state index is 13.7. The summed E-state index contributed by atoms with van der Waals surface area (Å²) >= 11 is 4.91. The van der Waals surface area contributed by atoms with Gasteiger partial charge in [0.05, 0.1) is 5.69 Å². The van der Waals surface area contributed by atoms with E-state index in [1.165, 1.54) is 11.8 Å². The van der Waals surface area contributed by atoms with Crippen LogP contribution >= 0.6 is 27.7 Å². The Labute approximate surface area is 291 Å². The van der Waals surface area contributed by atoms with Crippen LogP contribution in [0.3, 0.4) is 0 Å². The van der Waals surface area contributed by atoms with Gasteiger partial charge >= 0.3 is 0 Å². The molecule has 236 valence electrons. The van der Waals surface area contributed by atoms with E-state index >= 15 is 0 Å². The average Bonchev–Trinajstić information content (AvgIpc) is 3.12. The Morgan fingerprint density at radius 1 is 0.646 bits per heavy atom. The third-order valence-electron chi connectivity index (χ3n) is 7.49. The standard InChI is InChI=1S/C40H30BrN3O3S/c41-34-20-9-10-21-35(34)43-40(47)37(28-13-3-1-4-14-28)48-32-24-22-31(23-25-32)42-39(46)36(44-38(45)29-15-5-2-6-16-29)26-30-18-11-17-27-12-7-8-19-33(27)30/h1-26,37H,(H,42,46)(H,43,47)(H,44,45)/b36-26-. The Kier molecular flexibility index (Phi) is 10.4. The Morgan fingerprint density at radius 2 is 1.29 bits per heavy atom. The molecule has 0 saturated heterocycles. The average molecular weight is 713 g/mol. The monoisotopic (exact) mass is 711 g/mol. The predicted octanol–water partition coefficient (Wildman–Crippen LogP) is 9.48. The van der Waals surface area contributed by atoms with E-state index in [-0.39, 0.29) is 11.6 Å². The van der Waals surface area contributed by atoms with E-state index in [1.54, 1.807) is 42.5 Å². The summed E-state index contributed by atoms with van der Waals surface area (Å²) in [6, 6.07) is 46.8. The van der Waals surface area contributed by atoms with Gasteiger partial charge in [0, 0.05) is 20.6 Å². The van der Waals surface area contributed by atoms with Crippen LogP contribution in [0.15, 0.2) is 167 Å². The molecule has 0 spiro atoms. The zero-order valence-corrected chi connectivity index (χ0v) is 28.0. The highest BCUT2D eigenvalue weighted by Crippen LogP contribution is 2.37. The number of halogens is 1. The molecule has 0 aromatic heterocycles. The quantitative estimate of drug-likeness (QED) is 0.0976. The second kappa shape index (κ2) is 15.4. The highest BCUT2D eigenvalue weighted by Gasteiger charge is 2.23. The third kappa shape index (κ3) is 8.09. The fourth-order valence-corrected chi connectivity index (χ4v) is 6.50. The first-order chi connectivity index (χ1) is 23.4. The molecular weight excluding hydrogens is 682 g/mol. The van der Waals surface area contributed by atoms with Crippen LogP contribution in [0, 0.1) is 0 Å². The fourth-order valence-electron chi connectivity index (χ4n) is 5.09. The van der Waals surface area contributed by atoms with Crippen molar-refractivity contribution in [2.75, 3.05) is 10.6 Å². The van der Waals surface area contributed by atoms with Crippen LogP contribution in [0.1, 0.15) is 26.7 Å². The summed E-state index contributed by atoms with van der Waals surface area (Å²) in [5.41, 5.74) is 3.43. The van der Waals surface area contributed by atoms with Crippen LogP contribution in [0.25, 0.3) is 16.8 Å². The maximum Gasteiger partial charge on any atom is 0.272 e. The first-order valence-corrected chi connectivity index (χ1v) is 16.9. The topological polar surface area (TPSA) is 87.3 Å². The van der Waals surface area contributed by atoms with Crippen molar-refractivity contribution < 1.29 is 14.4 Å². The van der Waals surface area contributed by atoms with Gasteiger partial charge < -0.3 is 16.0 Å². The van der Waals surface area contributed by atoms with Crippen molar-refractivity contribution >= 4 is 73.6 Å². The Bertz CT molecular complexity index is 2100. The molecule has 8 heteroatoms. The largest absolute Gasteiger partial charge is 0.324 e. The number of benzene rings is 6. The molecule has 6 rings (SSSR count). The van der Waals surface area contributed by atoms with E-state index in [4.69, 9.17) is 0 Å². The van der Waals surface area contributed by atoms with Gasteiger partial charge in [-0.3, -0.25) is 14.4 Å². The van der Waals surface area contributed by atoms with Crippen LogP contribution < -0.4 is 16.0 Å². The van der Waals surface area contributed by atoms with Crippen LogP contribution in [0.4, 0.5) is 11.4 Å². The van der Waals surface area contributed by atoms with Crippen molar-refractivity contribution in [2.24, 2.45) is 0 Å². The van der Waals surface area contributed by atoms with E-state index in [0.717, 1.165) is 31.3 Å². The van der Waals surface area contributed by atoms with Crippen molar-refractivity contribution in [3.8, 4) is 0 Å². The third-order valence-corrected chi connectivity index (χ3v) is 9.45. The second-order valence-electron chi connectivity index (χ2n) is 10.8. The van der Waals surface area contributed by atoms with Gasteiger partial charge in [-0.2, -0.15) is 0 Å². The number of fused-ring (bicyclic) bond motifs is 1. The van der Waals surface area contributed by atoms with Crippen molar-refractivity contribution in [2.45, 2.75) is 10.1 Å². The summed E-state index contributed by atoms with van der Waals surface area (Å²) in [6.45, 7) is 0. The summed E-state index contributed by atoms with van der Waals surface area (Å²) in [5.74, 6) is -1.02. The molecular formula is C40H30BrN3O3S. The number of para-hydroxylation sites is 1. The summed E-state index contributed by atoms with van der Waals surface area (Å²) in [5, 5.41) is 10.2. The zero-order valence-electron chi connectivity index (χ0n) is 25.6. The predicted molar refractivity (Wildman–Crippen MR) is 199 cm³/mol. The minimum absolute atomic E-state index is 0.103. The molecule has 0 aliphatic carbocycles. The van der Waals surface area contributed by atoms with Gasteiger partial charge in [-0.05, 0) is 92.4 Å². The molecule has 0 aliphatic rings. The molecule has 3 amide bonds. The highest BCUT2D eigenvalue weighted by molar-refractivity contribution is 9.10. The smallest absolute Gasteiger partial charge is 0.272 e. The van der Waals surface area contributed by atoms with Gasteiger partial charge in [-0.25, -0.2) is 0 Å². The van der Waals surface area contributed by atoms with Gasteiger partial charge in [-0.15, -0.1) is 11.8 Å². The van der Waals surface area contributed by atoms with E-state index in [0.29, 0.717) is 16.9 Å². The number of thioether (sulfide) groups is 1.